The molecule has 2 aliphatic heterocycles. The Balaban J connectivity index is 1.83. The van der Waals surface area contributed by atoms with Crippen LogP contribution in [0.25, 0.3) is 0 Å². The van der Waals surface area contributed by atoms with E-state index in [-0.39, 0.29) is 12.6 Å². The summed E-state index contributed by atoms with van der Waals surface area (Å²) in [6.07, 6.45) is 2.20. The molecule has 1 saturated heterocycles. The maximum atomic E-state index is 9.87. The molecule has 0 radical (unpaired) electrons. The van der Waals surface area contributed by atoms with Crippen LogP contribution in [0.5, 0.6) is 0 Å². The van der Waals surface area contributed by atoms with Crippen molar-refractivity contribution in [2.45, 2.75) is 32.0 Å². The Bertz CT molecular complexity index is 440. The molecule has 4 nitrogen and oxygen atoms in total. The number of aliphatic hydroxyl groups excluding tert-OH is 1. The normalized spacial score (nSPS) is 23.7. The molecule has 0 saturated carbocycles. The van der Waals surface area contributed by atoms with Gasteiger partial charge in [0.1, 0.15) is 0 Å². The summed E-state index contributed by atoms with van der Waals surface area (Å²) in [4.78, 5) is 2.29. The van der Waals surface area contributed by atoms with Crippen molar-refractivity contribution in [1.82, 2.24) is 4.90 Å². The Morgan fingerprint density at radius 1 is 1.44 bits per heavy atom. The Labute approximate surface area is 107 Å². The first-order valence-electron chi connectivity index (χ1n) is 6.55. The number of nitrogens with zero attached hydrogens (tertiary/aromatic N) is 1. The monoisotopic (exact) mass is 247 g/mol. The topological polar surface area (TPSA) is 52.9 Å². The van der Waals surface area contributed by atoms with Crippen molar-refractivity contribution in [2.75, 3.05) is 13.2 Å². The Morgan fingerprint density at radius 3 is 3.17 bits per heavy atom. The second-order valence-electron chi connectivity index (χ2n) is 5.10. The summed E-state index contributed by atoms with van der Waals surface area (Å²) in [5.41, 5.74) is 3.14. The van der Waals surface area contributed by atoms with Gasteiger partial charge in [-0.15, -0.1) is 0 Å². The van der Waals surface area contributed by atoms with Gasteiger partial charge >= 0.3 is 7.12 Å². The van der Waals surface area contributed by atoms with E-state index in [0.717, 1.165) is 42.5 Å². The van der Waals surface area contributed by atoms with E-state index >= 15 is 0 Å². The molecule has 2 N–H and O–H groups in total. The van der Waals surface area contributed by atoms with Crippen LogP contribution in [0, 0.1) is 0 Å². The second kappa shape index (κ2) is 5.01. The molecule has 1 aromatic rings. The highest BCUT2D eigenvalue weighted by molar-refractivity contribution is 6.62. The molecule has 2 heterocycles. The molecule has 0 amide bonds. The zero-order chi connectivity index (χ0) is 12.5. The lowest BCUT2D eigenvalue weighted by Crippen LogP contribution is -2.37. The van der Waals surface area contributed by atoms with Gasteiger partial charge in [0.05, 0.1) is 13.2 Å². The van der Waals surface area contributed by atoms with Gasteiger partial charge in [-0.25, -0.2) is 0 Å². The molecule has 0 aromatic heterocycles. The van der Waals surface area contributed by atoms with Crippen LogP contribution in [-0.2, 0) is 17.8 Å². The summed E-state index contributed by atoms with van der Waals surface area (Å²) in [6.45, 7) is 2.52. The zero-order valence-electron chi connectivity index (χ0n) is 10.4. The smallest absolute Gasteiger partial charge is 0.423 e. The summed E-state index contributed by atoms with van der Waals surface area (Å²) < 4.78 is 5.27. The van der Waals surface area contributed by atoms with Gasteiger partial charge in [-0.2, -0.15) is 0 Å². The highest BCUT2D eigenvalue weighted by Gasteiger charge is 2.31. The molecule has 1 fully saturated rings. The molecule has 18 heavy (non-hydrogen) atoms. The predicted molar refractivity (Wildman–Crippen MR) is 69.4 cm³/mol. The fourth-order valence-corrected chi connectivity index (χ4v) is 3.03. The molecule has 2 aliphatic rings. The van der Waals surface area contributed by atoms with Gasteiger partial charge < -0.3 is 14.8 Å². The Hall–Kier alpha value is -0.875. The molecule has 0 aliphatic carbocycles. The van der Waals surface area contributed by atoms with Crippen molar-refractivity contribution in [3.63, 3.8) is 0 Å². The molecule has 0 unspecified atom stereocenters. The van der Waals surface area contributed by atoms with E-state index < -0.39 is 7.12 Å². The lowest BCUT2D eigenvalue weighted by molar-refractivity contribution is 0.154. The SMILES string of the molecule is OC[C@H]1CCCN1Cc1cccc2c1B(O)OC2. The van der Waals surface area contributed by atoms with Crippen LogP contribution in [0.15, 0.2) is 18.2 Å². The predicted octanol–water partition coefficient (Wildman–Crippen LogP) is -0.139. The molecule has 1 aromatic carbocycles. The lowest BCUT2D eigenvalue weighted by atomic mass is 9.76. The van der Waals surface area contributed by atoms with Crippen molar-refractivity contribution in [3.05, 3.63) is 29.3 Å². The third-order valence-corrected chi connectivity index (χ3v) is 4.01. The van der Waals surface area contributed by atoms with Crippen LogP contribution in [0.3, 0.4) is 0 Å². The summed E-state index contributed by atoms with van der Waals surface area (Å²) in [5.74, 6) is 0. The number of aliphatic hydroxyl groups is 1. The number of benzene rings is 1. The first-order chi connectivity index (χ1) is 8.79. The molecular formula is C13H18BNO3. The summed E-state index contributed by atoms with van der Waals surface area (Å²) in [5, 5.41) is 19.2. The fraction of sp³-hybridized carbons (Fsp3) is 0.538. The van der Waals surface area contributed by atoms with Crippen LogP contribution in [0.4, 0.5) is 0 Å². The maximum Gasteiger partial charge on any atom is 0.492 e. The average Bonchev–Trinajstić information content (AvgIpc) is 2.97. The van der Waals surface area contributed by atoms with E-state index in [0.29, 0.717) is 6.61 Å². The maximum absolute atomic E-state index is 9.87. The van der Waals surface area contributed by atoms with Gasteiger partial charge in [0.25, 0.3) is 0 Å². The minimum Gasteiger partial charge on any atom is -0.423 e. The number of hydrogen-bond donors (Lipinski definition) is 2. The Morgan fingerprint density at radius 2 is 2.33 bits per heavy atom. The summed E-state index contributed by atoms with van der Waals surface area (Å²) in [7, 11) is -0.786. The zero-order valence-corrected chi connectivity index (χ0v) is 10.4. The van der Waals surface area contributed by atoms with Gasteiger partial charge in [0, 0.05) is 12.6 Å². The first-order valence-corrected chi connectivity index (χ1v) is 6.55. The molecule has 3 rings (SSSR count). The minimum absolute atomic E-state index is 0.216. The molecule has 1 atom stereocenters. The minimum atomic E-state index is -0.786. The van der Waals surface area contributed by atoms with E-state index in [1.54, 1.807) is 0 Å². The van der Waals surface area contributed by atoms with Gasteiger partial charge in [0.15, 0.2) is 0 Å². The largest absolute Gasteiger partial charge is 0.492 e. The Kier molecular flexibility index (Phi) is 3.39. The third kappa shape index (κ3) is 2.08. The van der Waals surface area contributed by atoms with Crippen LogP contribution < -0.4 is 5.46 Å². The highest BCUT2D eigenvalue weighted by Crippen LogP contribution is 2.21. The molecule has 96 valence electrons. The number of hydrogen-bond acceptors (Lipinski definition) is 4. The van der Waals surface area contributed by atoms with Crippen LogP contribution in [0.1, 0.15) is 24.0 Å². The molecule has 0 spiro atoms. The van der Waals surface area contributed by atoms with Gasteiger partial charge in [-0.05, 0) is 36.0 Å². The van der Waals surface area contributed by atoms with Gasteiger partial charge in [-0.1, -0.05) is 18.2 Å². The van der Waals surface area contributed by atoms with Crippen molar-refractivity contribution < 1.29 is 14.8 Å². The van der Waals surface area contributed by atoms with Crippen molar-refractivity contribution >= 4 is 12.6 Å². The van der Waals surface area contributed by atoms with Crippen LogP contribution in [0.2, 0.25) is 0 Å². The summed E-state index contributed by atoms with van der Waals surface area (Å²) in [6, 6.07) is 6.33. The standard InChI is InChI=1S/C13H18BNO3/c16-8-12-5-2-6-15(12)7-10-3-1-4-11-9-18-14(17)13(10)11/h1,3-4,12,16-17H,2,5-9H2/t12-/m1/s1. The third-order valence-electron chi connectivity index (χ3n) is 4.01. The second-order valence-corrected chi connectivity index (χ2v) is 5.10. The highest BCUT2D eigenvalue weighted by atomic mass is 16.5. The fourth-order valence-electron chi connectivity index (χ4n) is 3.03. The van der Waals surface area contributed by atoms with E-state index in [1.165, 1.54) is 0 Å². The van der Waals surface area contributed by atoms with E-state index in [4.69, 9.17) is 4.65 Å². The molecule has 5 heteroatoms. The molecule has 0 bridgehead atoms. The van der Waals surface area contributed by atoms with E-state index in [9.17, 15) is 10.1 Å². The van der Waals surface area contributed by atoms with Crippen LogP contribution in [-0.4, -0.2) is 41.3 Å². The average molecular weight is 247 g/mol. The molecular weight excluding hydrogens is 229 g/mol. The first kappa shape index (κ1) is 12.2. The van der Waals surface area contributed by atoms with Gasteiger partial charge in [-0.3, -0.25) is 4.90 Å². The number of fused-ring (bicyclic) bond motifs is 1. The van der Waals surface area contributed by atoms with E-state index in [1.807, 2.05) is 18.2 Å². The van der Waals surface area contributed by atoms with Crippen molar-refractivity contribution in [1.29, 1.82) is 0 Å². The number of likely N-dealkylation sites (tertiary alicyclic amines) is 1. The van der Waals surface area contributed by atoms with Crippen molar-refractivity contribution in [3.8, 4) is 0 Å². The van der Waals surface area contributed by atoms with Crippen molar-refractivity contribution in [2.24, 2.45) is 0 Å². The number of rotatable bonds is 3. The van der Waals surface area contributed by atoms with E-state index in [2.05, 4.69) is 4.90 Å². The van der Waals surface area contributed by atoms with Gasteiger partial charge in [0.2, 0.25) is 0 Å². The quantitative estimate of drug-likeness (QED) is 0.730. The lowest BCUT2D eigenvalue weighted by Gasteiger charge is -2.23. The summed E-state index contributed by atoms with van der Waals surface area (Å²) >= 11 is 0. The van der Waals surface area contributed by atoms with Crippen LogP contribution >= 0.6 is 0 Å².